The Balaban J connectivity index is 1.68. The van der Waals surface area contributed by atoms with Gasteiger partial charge in [-0.2, -0.15) is 4.98 Å². The third-order valence-electron chi connectivity index (χ3n) is 3.43. The Labute approximate surface area is 138 Å². The Morgan fingerprint density at radius 3 is 2.70 bits per heavy atom. The van der Waals surface area contributed by atoms with Gasteiger partial charge in [-0.3, -0.25) is 4.57 Å². The van der Waals surface area contributed by atoms with E-state index in [2.05, 4.69) is 26.1 Å². The molecule has 2 heterocycles. The molecule has 0 amide bonds. The van der Waals surface area contributed by atoms with Crippen molar-refractivity contribution in [3.63, 3.8) is 0 Å². The first-order valence-corrected chi connectivity index (χ1v) is 7.67. The van der Waals surface area contributed by atoms with Crippen molar-refractivity contribution in [1.82, 2.24) is 14.7 Å². The number of nitrogens with zero attached hydrogens (tertiary/aromatic N) is 3. The maximum Gasteiger partial charge on any atom is 0.420 e. The summed E-state index contributed by atoms with van der Waals surface area (Å²) >= 11 is 3.38. The van der Waals surface area contributed by atoms with Crippen LogP contribution in [0.2, 0.25) is 0 Å². The average Bonchev–Trinajstić information content (AvgIpc) is 3.14. The van der Waals surface area contributed by atoms with Crippen LogP contribution in [-0.4, -0.2) is 14.7 Å². The molecular formula is C16H10BrN3O3. The first-order valence-electron chi connectivity index (χ1n) is 6.87. The van der Waals surface area contributed by atoms with Crippen LogP contribution in [0.25, 0.3) is 22.6 Å². The van der Waals surface area contributed by atoms with Gasteiger partial charge in [-0.05, 0) is 36.4 Å². The van der Waals surface area contributed by atoms with Crippen LogP contribution in [0, 0.1) is 0 Å². The zero-order valence-electron chi connectivity index (χ0n) is 11.8. The van der Waals surface area contributed by atoms with Crippen molar-refractivity contribution >= 4 is 27.0 Å². The van der Waals surface area contributed by atoms with Gasteiger partial charge in [0.05, 0.1) is 12.1 Å². The van der Waals surface area contributed by atoms with E-state index in [0.29, 0.717) is 22.8 Å². The molecule has 0 saturated heterocycles. The smallest absolute Gasteiger partial charge is 0.408 e. The van der Waals surface area contributed by atoms with Gasteiger partial charge in [-0.15, -0.1) is 0 Å². The molecule has 0 radical (unpaired) electrons. The van der Waals surface area contributed by atoms with E-state index < -0.39 is 5.76 Å². The summed E-state index contributed by atoms with van der Waals surface area (Å²) in [6, 6.07) is 14.8. The molecule has 0 N–H and O–H groups in total. The van der Waals surface area contributed by atoms with Gasteiger partial charge in [-0.25, -0.2) is 4.79 Å². The van der Waals surface area contributed by atoms with Crippen LogP contribution in [0.4, 0.5) is 0 Å². The van der Waals surface area contributed by atoms with Crippen LogP contribution in [0.1, 0.15) is 5.82 Å². The van der Waals surface area contributed by atoms with Gasteiger partial charge >= 0.3 is 5.76 Å². The molecule has 23 heavy (non-hydrogen) atoms. The number of hydrogen-bond acceptors (Lipinski definition) is 5. The second kappa shape index (κ2) is 5.51. The van der Waals surface area contributed by atoms with Crippen molar-refractivity contribution in [2.45, 2.75) is 6.54 Å². The van der Waals surface area contributed by atoms with Crippen molar-refractivity contribution in [3.05, 3.63) is 69.4 Å². The van der Waals surface area contributed by atoms with Gasteiger partial charge in [0.1, 0.15) is 0 Å². The van der Waals surface area contributed by atoms with Crippen LogP contribution in [0.5, 0.6) is 0 Å². The Hall–Kier alpha value is -2.67. The van der Waals surface area contributed by atoms with E-state index in [9.17, 15) is 4.79 Å². The molecule has 0 aliphatic heterocycles. The van der Waals surface area contributed by atoms with Crippen LogP contribution in [-0.2, 0) is 6.54 Å². The number of oxazole rings is 1. The number of halogens is 1. The lowest BCUT2D eigenvalue weighted by Crippen LogP contribution is -2.15. The number of benzene rings is 2. The molecule has 0 aliphatic rings. The first-order chi connectivity index (χ1) is 11.2. The van der Waals surface area contributed by atoms with Gasteiger partial charge < -0.3 is 8.94 Å². The third kappa shape index (κ3) is 2.59. The fourth-order valence-electron chi connectivity index (χ4n) is 2.33. The molecule has 7 heteroatoms. The van der Waals surface area contributed by atoms with E-state index >= 15 is 0 Å². The van der Waals surface area contributed by atoms with Crippen LogP contribution >= 0.6 is 15.9 Å². The molecule has 4 aromatic rings. The number of fused-ring (bicyclic) bond motifs is 1. The summed E-state index contributed by atoms with van der Waals surface area (Å²) in [7, 11) is 0. The van der Waals surface area contributed by atoms with Crippen molar-refractivity contribution < 1.29 is 8.94 Å². The minimum absolute atomic E-state index is 0.190. The van der Waals surface area contributed by atoms with Crippen molar-refractivity contribution in [3.8, 4) is 11.5 Å². The lowest BCUT2D eigenvalue weighted by molar-refractivity contribution is 0.418. The fraction of sp³-hybridized carbons (Fsp3) is 0.0625. The maximum absolute atomic E-state index is 12.0. The number of para-hydroxylation sites is 2. The molecule has 0 bridgehead atoms. The molecular weight excluding hydrogens is 362 g/mol. The molecule has 0 spiro atoms. The highest BCUT2D eigenvalue weighted by Crippen LogP contribution is 2.20. The van der Waals surface area contributed by atoms with Crippen molar-refractivity contribution in [2.24, 2.45) is 0 Å². The summed E-state index contributed by atoms with van der Waals surface area (Å²) in [5.41, 5.74) is 2.05. The first kappa shape index (κ1) is 14.0. The summed E-state index contributed by atoms with van der Waals surface area (Å²) in [6.45, 7) is 0.190. The van der Waals surface area contributed by atoms with Crippen molar-refractivity contribution in [1.29, 1.82) is 0 Å². The largest absolute Gasteiger partial charge is 0.420 e. The maximum atomic E-state index is 12.0. The predicted molar refractivity (Wildman–Crippen MR) is 87.0 cm³/mol. The Bertz CT molecular complexity index is 1030. The number of hydrogen-bond donors (Lipinski definition) is 0. The molecule has 4 rings (SSSR count). The van der Waals surface area contributed by atoms with Crippen LogP contribution in [0.3, 0.4) is 0 Å². The second-order valence-electron chi connectivity index (χ2n) is 4.94. The molecule has 0 atom stereocenters. The highest BCUT2D eigenvalue weighted by Gasteiger charge is 2.13. The molecule has 6 nitrogen and oxygen atoms in total. The van der Waals surface area contributed by atoms with Gasteiger partial charge in [0.2, 0.25) is 0 Å². The minimum Gasteiger partial charge on any atom is -0.408 e. The number of aromatic nitrogens is 3. The monoisotopic (exact) mass is 371 g/mol. The highest BCUT2D eigenvalue weighted by molar-refractivity contribution is 9.10. The summed E-state index contributed by atoms with van der Waals surface area (Å²) in [6.07, 6.45) is 0. The lowest BCUT2D eigenvalue weighted by Gasteiger charge is -1.96. The minimum atomic E-state index is -0.443. The normalized spacial score (nSPS) is 11.2. The molecule has 0 unspecified atom stereocenters. The van der Waals surface area contributed by atoms with E-state index in [0.717, 1.165) is 10.0 Å². The van der Waals surface area contributed by atoms with E-state index in [1.807, 2.05) is 42.5 Å². The second-order valence-corrected chi connectivity index (χ2v) is 5.86. The molecule has 0 fully saturated rings. The SMILES string of the molecule is O=c1oc2ccccc2n1Cc1noc(-c2ccc(Br)cc2)n1. The van der Waals surface area contributed by atoms with Crippen molar-refractivity contribution in [2.75, 3.05) is 0 Å². The zero-order chi connectivity index (χ0) is 15.8. The van der Waals surface area contributed by atoms with Gasteiger partial charge in [-0.1, -0.05) is 33.2 Å². The number of rotatable bonds is 3. The van der Waals surface area contributed by atoms with E-state index in [1.54, 1.807) is 6.07 Å². The van der Waals surface area contributed by atoms with Gasteiger partial charge in [0.25, 0.3) is 5.89 Å². The molecule has 0 aliphatic carbocycles. The molecule has 2 aromatic heterocycles. The van der Waals surface area contributed by atoms with Gasteiger partial charge in [0.15, 0.2) is 11.4 Å². The summed E-state index contributed by atoms with van der Waals surface area (Å²) in [5.74, 6) is 0.381. The quantitative estimate of drug-likeness (QED) is 0.551. The Morgan fingerprint density at radius 2 is 1.87 bits per heavy atom. The molecule has 114 valence electrons. The average molecular weight is 372 g/mol. The lowest BCUT2D eigenvalue weighted by atomic mass is 10.2. The highest BCUT2D eigenvalue weighted by atomic mass is 79.9. The molecule has 0 saturated carbocycles. The molecule has 2 aromatic carbocycles. The fourth-order valence-corrected chi connectivity index (χ4v) is 2.60. The summed E-state index contributed by atoms with van der Waals surface area (Å²) in [4.78, 5) is 16.3. The third-order valence-corrected chi connectivity index (χ3v) is 3.96. The summed E-state index contributed by atoms with van der Waals surface area (Å²) in [5, 5.41) is 3.94. The van der Waals surface area contributed by atoms with E-state index in [1.165, 1.54) is 4.57 Å². The Morgan fingerprint density at radius 1 is 1.09 bits per heavy atom. The van der Waals surface area contributed by atoms with E-state index in [-0.39, 0.29) is 6.54 Å². The van der Waals surface area contributed by atoms with E-state index in [4.69, 9.17) is 8.94 Å². The zero-order valence-corrected chi connectivity index (χ0v) is 13.4. The standard InChI is InChI=1S/C16H10BrN3O3/c17-11-7-5-10(6-8-11)15-18-14(19-23-15)9-20-12-3-1-2-4-13(12)22-16(20)21/h1-8H,9H2. The van der Waals surface area contributed by atoms with Crippen LogP contribution in [0.15, 0.2) is 66.7 Å². The summed E-state index contributed by atoms with van der Waals surface area (Å²) < 4.78 is 12.9. The predicted octanol–water partition coefficient (Wildman–Crippen LogP) is 3.46. The Kier molecular flexibility index (Phi) is 3.34. The van der Waals surface area contributed by atoms with Crippen LogP contribution < -0.4 is 5.76 Å². The topological polar surface area (TPSA) is 74.1 Å². The van der Waals surface area contributed by atoms with Gasteiger partial charge in [0, 0.05) is 10.0 Å².